The molecule has 0 aromatic carbocycles. The van der Waals surface area contributed by atoms with E-state index in [2.05, 4.69) is 4.74 Å². The second-order valence-electron chi connectivity index (χ2n) is 3.86. The first kappa shape index (κ1) is 12.9. The van der Waals surface area contributed by atoms with Gasteiger partial charge in [-0.3, -0.25) is 9.78 Å². The van der Waals surface area contributed by atoms with E-state index in [0.717, 1.165) is 12.3 Å². The van der Waals surface area contributed by atoms with E-state index in [9.17, 15) is 24.2 Å². The van der Waals surface area contributed by atoms with E-state index in [1.54, 1.807) is 4.98 Å². The van der Waals surface area contributed by atoms with Gasteiger partial charge in [0.2, 0.25) is 0 Å². The van der Waals surface area contributed by atoms with Gasteiger partial charge in [-0.1, -0.05) is 0 Å². The van der Waals surface area contributed by atoms with Gasteiger partial charge in [0, 0.05) is 12.3 Å². The maximum Gasteiger partial charge on any atom is 0.332 e. The minimum absolute atomic E-state index is 0.304. The highest BCUT2D eigenvalue weighted by Gasteiger charge is 2.57. The van der Waals surface area contributed by atoms with Crippen LogP contribution in [0.3, 0.4) is 0 Å². The third-order valence-electron chi connectivity index (χ3n) is 2.72. The van der Waals surface area contributed by atoms with E-state index in [1.807, 2.05) is 0 Å². The molecule has 18 heavy (non-hydrogen) atoms. The highest BCUT2D eigenvalue weighted by atomic mass is 19.2. The molecular weight excluding hydrogens is 251 g/mol. The number of aromatic amines is 1. The molecule has 100 valence electrons. The molecule has 1 aromatic rings. The van der Waals surface area contributed by atoms with Crippen molar-refractivity contribution in [1.29, 1.82) is 0 Å². The maximum atomic E-state index is 14.4. The first-order valence-corrected chi connectivity index (χ1v) is 5.06. The second-order valence-corrected chi connectivity index (χ2v) is 3.86. The van der Waals surface area contributed by atoms with Gasteiger partial charge in [0.1, 0.15) is 12.2 Å². The summed E-state index contributed by atoms with van der Waals surface area (Å²) in [6, 6.07) is 0.859. The van der Waals surface area contributed by atoms with Crippen LogP contribution in [-0.4, -0.2) is 49.8 Å². The minimum Gasteiger partial charge on any atom is -0.394 e. The normalized spacial score (nSPS) is 35.9. The molecule has 1 aromatic heterocycles. The Morgan fingerprint density at radius 1 is 1.50 bits per heavy atom. The van der Waals surface area contributed by atoms with Crippen LogP contribution in [0, 0.1) is 0 Å². The SMILES string of the molecule is O=c1ccn([C@@]2(F)O[C@@H](CO)C(O)C2O)c(=O)[nH]1. The van der Waals surface area contributed by atoms with Crippen molar-refractivity contribution in [2.75, 3.05) is 6.61 Å². The average Bonchev–Trinajstić information content (AvgIpc) is 2.54. The third kappa shape index (κ3) is 1.77. The zero-order valence-corrected chi connectivity index (χ0v) is 8.99. The molecule has 1 fully saturated rings. The molecule has 2 rings (SSSR count). The molecule has 2 heterocycles. The highest BCUT2D eigenvalue weighted by Crippen LogP contribution is 2.35. The fourth-order valence-electron chi connectivity index (χ4n) is 1.77. The van der Waals surface area contributed by atoms with Crippen LogP contribution >= 0.6 is 0 Å². The summed E-state index contributed by atoms with van der Waals surface area (Å²) in [5, 5.41) is 27.8. The van der Waals surface area contributed by atoms with Crippen LogP contribution < -0.4 is 11.2 Å². The highest BCUT2D eigenvalue weighted by molar-refractivity contribution is 4.96. The molecule has 1 aliphatic rings. The monoisotopic (exact) mass is 262 g/mol. The van der Waals surface area contributed by atoms with Crippen LogP contribution in [-0.2, 0) is 10.7 Å². The quantitative estimate of drug-likeness (QED) is 0.457. The van der Waals surface area contributed by atoms with Crippen LogP contribution in [0.15, 0.2) is 21.9 Å². The average molecular weight is 262 g/mol. The van der Waals surface area contributed by atoms with Gasteiger partial charge in [0.15, 0.2) is 6.10 Å². The summed E-state index contributed by atoms with van der Waals surface area (Å²) in [7, 11) is 0. The summed E-state index contributed by atoms with van der Waals surface area (Å²) in [4.78, 5) is 24.0. The maximum absolute atomic E-state index is 14.4. The molecule has 1 saturated heterocycles. The lowest BCUT2D eigenvalue weighted by atomic mass is 10.1. The molecule has 8 nitrogen and oxygen atoms in total. The van der Waals surface area contributed by atoms with Gasteiger partial charge in [-0.2, -0.15) is 4.39 Å². The number of hydrogen-bond donors (Lipinski definition) is 4. The van der Waals surface area contributed by atoms with E-state index in [0.29, 0.717) is 4.57 Å². The van der Waals surface area contributed by atoms with E-state index in [4.69, 9.17) is 5.11 Å². The Labute approximate surface area is 98.9 Å². The molecule has 9 heteroatoms. The molecule has 0 radical (unpaired) electrons. The van der Waals surface area contributed by atoms with Gasteiger partial charge < -0.3 is 20.1 Å². The lowest BCUT2D eigenvalue weighted by Crippen LogP contribution is -2.48. The van der Waals surface area contributed by atoms with Gasteiger partial charge in [-0.05, 0) is 0 Å². The Kier molecular flexibility index (Phi) is 3.07. The van der Waals surface area contributed by atoms with Crippen molar-refractivity contribution in [3.63, 3.8) is 0 Å². The Morgan fingerprint density at radius 2 is 2.17 bits per heavy atom. The number of H-pyrrole nitrogens is 1. The Bertz CT molecular complexity index is 556. The van der Waals surface area contributed by atoms with Crippen LogP contribution in [0.4, 0.5) is 4.39 Å². The summed E-state index contributed by atoms with van der Waals surface area (Å²) in [6.45, 7) is -0.734. The number of nitrogens with zero attached hydrogens (tertiary/aromatic N) is 1. The van der Waals surface area contributed by atoms with Gasteiger partial charge in [-0.15, -0.1) is 0 Å². The zero-order valence-electron chi connectivity index (χ0n) is 8.99. The number of rotatable bonds is 2. The van der Waals surface area contributed by atoms with E-state index in [1.165, 1.54) is 0 Å². The van der Waals surface area contributed by atoms with Crippen molar-refractivity contribution in [1.82, 2.24) is 9.55 Å². The van der Waals surface area contributed by atoms with Crippen molar-refractivity contribution in [2.45, 2.75) is 24.3 Å². The molecule has 4 N–H and O–H groups in total. The number of aromatic nitrogens is 2. The Balaban J connectivity index is 2.49. The number of aliphatic hydroxyl groups excluding tert-OH is 3. The van der Waals surface area contributed by atoms with Crippen LogP contribution in [0.5, 0.6) is 0 Å². The predicted octanol–water partition coefficient (Wildman–Crippen LogP) is -2.77. The van der Waals surface area contributed by atoms with E-state index in [-0.39, 0.29) is 0 Å². The predicted molar refractivity (Wildman–Crippen MR) is 54.4 cm³/mol. The first-order chi connectivity index (χ1) is 8.40. The minimum atomic E-state index is -3.05. The number of alkyl halides is 1. The number of aliphatic hydroxyl groups is 3. The molecule has 4 atom stereocenters. The molecule has 0 spiro atoms. The van der Waals surface area contributed by atoms with Crippen molar-refractivity contribution < 1.29 is 24.4 Å². The first-order valence-electron chi connectivity index (χ1n) is 5.06. The molecule has 0 amide bonds. The van der Waals surface area contributed by atoms with Crippen LogP contribution in [0.25, 0.3) is 0 Å². The summed E-state index contributed by atoms with van der Waals surface area (Å²) in [5.41, 5.74) is -1.89. The van der Waals surface area contributed by atoms with Crippen LogP contribution in [0.2, 0.25) is 0 Å². The number of hydrogen-bond acceptors (Lipinski definition) is 6. The largest absolute Gasteiger partial charge is 0.394 e. The lowest BCUT2D eigenvalue weighted by Gasteiger charge is -2.24. The number of halogens is 1. The van der Waals surface area contributed by atoms with Gasteiger partial charge in [-0.25, -0.2) is 9.36 Å². The van der Waals surface area contributed by atoms with Crippen LogP contribution in [0.1, 0.15) is 0 Å². The van der Waals surface area contributed by atoms with Crippen molar-refractivity contribution in [2.24, 2.45) is 0 Å². The van der Waals surface area contributed by atoms with E-state index < -0.39 is 42.1 Å². The Morgan fingerprint density at radius 3 is 2.67 bits per heavy atom. The van der Waals surface area contributed by atoms with Crippen molar-refractivity contribution >= 4 is 0 Å². The molecule has 2 unspecified atom stereocenters. The molecule has 0 bridgehead atoms. The fourth-order valence-corrected chi connectivity index (χ4v) is 1.77. The lowest BCUT2D eigenvalue weighted by molar-refractivity contribution is -0.239. The fraction of sp³-hybridized carbons (Fsp3) is 0.556. The summed E-state index contributed by atoms with van der Waals surface area (Å²) in [5.74, 6) is -3.05. The van der Waals surface area contributed by atoms with E-state index >= 15 is 0 Å². The second kappa shape index (κ2) is 4.28. The summed E-state index contributed by atoms with van der Waals surface area (Å²) >= 11 is 0. The summed E-state index contributed by atoms with van der Waals surface area (Å²) in [6.07, 6.45) is -4.35. The van der Waals surface area contributed by atoms with Gasteiger partial charge in [0.05, 0.1) is 6.61 Å². The van der Waals surface area contributed by atoms with Gasteiger partial charge in [0.25, 0.3) is 5.56 Å². The van der Waals surface area contributed by atoms with Crippen molar-refractivity contribution in [3.8, 4) is 0 Å². The molecule has 0 saturated carbocycles. The molecule has 0 aliphatic carbocycles. The third-order valence-corrected chi connectivity index (χ3v) is 2.72. The summed E-state index contributed by atoms with van der Waals surface area (Å²) < 4.78 is 19.4. The topological polar surface area (TPSA) is 125 Å². The zero-order chi connectivity index (χ0) is 13.5. The van der Waals surface area contributed by atoms with Crippen molar-refractivity contribution in [3.05, 3.63) is 33.1 Å². The molecule has 1 aliphatic heterocycles. The van der Waals surface area contributed by atoms with Gasteiger partial charge >= 0.3 is 11.7 Å². The number of nitrogens with one attached hydrogen (secondary N) is 1. The Hall–Kier alpha value is -1.55. The number of ether oxygens (including phenoxy) is 1. The standard InChI is InChI=1S/C9H11FN2O6/c10-9(7(16)6(15)4(3-13)18-9)12-2-1-5(14)11-8(12)17/h1-2,4,6-7,13,15-16H,3H2,(H,11,14,17)/t4-,6?,7?,9+/m0/s1. The smallest absolute Gasteiger partial charge is 0.332 e. The molecular formula is C9H11FN2O6.